The second-order valence-electron chi connectivity index (χ2n) is 1.53. The van der Waals surface area contributed by atoms with E-state index in [0.717, 1.165) is 12.2 Å². The summed E-state index contributed by atoms with van der Waals surface area (Å²) in [4.78, 5) is 8.88. The first-order valence-corrected chi connectivity index (χ1v) is 3.27. The number of hydrogen-bond donors (Lipinski definition) is 1. The van der Waals surface area contributed by atoms with Gasteiger partial charge in [-0.3, -0.25) is 4.79 Å². The fourth-order valence-corrected chi connectivity index (χ4v) is 0.455. The Balaban J connectivity index is 0.000000218. The third-order valence-electron chi connectivity index (χ3n) is 0.870. The smallest absolute Gasteiger partial charge is 0.304 e. The van der Waals surface area contributed by atoms with Crippen molar-refractivity contribution in [2.24, 2.45) is 0 Å². The fourth-order valence-electron chi connectivity index (χ4n) is 0.455. The molecule has 0 fully saturated rings. The summed E-state index contributed by atoms with van der Waals surface area (Å²) in [6.45, 7) is 3.87. The Bertz CT molecular complexity index is 172. The minimum Gasteiger partial charge on any atom is -0.469 e. The topological polar surface area (TPSA) is 39.4 Å². The van der Waals surface area contributed by atoms with Crippen molar-refractivity contribution in [3.8, 4) is 0 Å². The molecule has 1 heterocycles. The van der Waals surface area contributed by atoms with Crippen LogP contribution in [0.5, 0.6) is 0 Å². The molecule has 1 radical (unpaired) electrons. The van der Waals surface area contributed by atoms with Crippen molar-refractivity contribution in [2.75, 3.05) is 0 Å². The van der Waals surface area contributed by atoms with Crippen LogP contribution in [0, 0.1) is 6.92 Å². The molecule has 0 aliphatic rings. The van der Waals surface area contributed by atoms with Gasteiger partial charge in [0, 0.05) is 19.3 Å². The average molecular weight is 173 g/mol. The first-order chi connectivity index (χ1) is 5.35. The van der Waals surface area contributed by atoms with Gasteiger partial charge in [-0.25, -0.2) is 0 Å². The Morgan fingerprint density at radius 1 is 1.82 bits per heavy atom. The van der Waals surface area contributed by atoms with Crippen molar-refractivity contribution in [1.29, 1.82) is 0 Å². The molecule has 0 spiro atoms. The third kappa shape index (κ3) is 5.54. The Morgan fingerprint density at radius 3 is 2.64 bits per heavy atom. The van der Waals surface area contributed by atoms with Gasteiger partial charge in [0.2, 0.25) is 0 Å². The lowest BCUT2D eigenvalue weighted by Gasteiger charge is -1.79. The first-order valence-electron chi connectivity index (χ1n) is 2.90. The molecule has 4 heteroatoms. The number of thiol groups is 1. The highest BCUT2D eigenvalue weighted by atomic mass is 32.1. The van der Waals surface area contributed by atoms with Gasteiger partial charge in [0.1, 0.15) is 5.76 Å². The molecule has 0 saturated carbocycles. The summed E-state index contributed by atoms with van der Waals surface area (Å²) in [6, 6.07) is 3.77. The average Bonchev–Trinajstić information content (AvgIpc) is 2.56. The maximum absolute atomic E-state index is 8.88. The van der Waals surface area contributed by atoms with E-state index in [2.05, 4.69) is 24.0 Å². The highest BCUT2D eigenvalue weighted by molar-refractivity contribution is 7.75. The molecule has 11 heavy (non-hydrogen) atoms. The van der Waals surface area contributed by atoms with E-state index in [0.29, 0.717) is 0 Å². The van der Waals surface area contributed by atoms with Crippen LogP contribution in [-0.4, -0.2) is 6.47 Å². The van der Waals surface area contributed by atoms with Crippen molar-refractivity contribution < 1.29 is 13.4 Å². The van der Waals surface area contributed by atoms with Crippen LogP contribution >= 0.6 is 12.9 Å². The molecule has 0 unspecified atom stereocenters. The highest BCUT2D eigenvalue weighted by Crippen LogP contribution is 1.97. The molecule has 0 N–H and O–H groups in total. The van der Waals surface area contributed by atoms with Gasteiger partial charge in [0.25, 0.3) is 0 Å². The van der Waals surface area contributed by atoms with E-state index in [9.17, 15) is 0 Å². The molecule has 0 aliphatic carbocycles. The van der Waals surface area contributed by atoms with Gasteiger partial charge in [0.05, 0.1) is 6.26 Å². The molecular weight excluding hydrogens is 164 g/mol. The van der Waals surface area contributed by atoms with E-state index in [1.54, 1.807) is 6.26 Å². The van der Waals surface area contributed by atoms with E-state index in [-0.39, 0.29) is 6.47 Å². The van der Waals surface area contributed by atoms with E-state index in [1.807, 2.05) is 12.1 Å². The molecule has 0 aliphatic heterocycles. The van der Waals surface area contributed by atoms with Gasteiger partial charge in [0.15, 0.2) is 0 Å². The highest BCUT2D eigenvalue weighted by Gasteiger charge is 1.84. The zero-order valence-electron chi connectivity index (χ0n) is 5.90. The standard InChI is InChI=1S/C6H7O.CH2O2S/c1-2-6-4-3-5-7-6;2-1-3-4/h3-5H,1-2H2;1,4H. The molecule has 1 rings (SSSR count). The van der Waals surface area contributed by atoms with Crippen LogP contribution in [0.15, 0.2) is 22.8 Å². The Hall–Kier alpha value is -0.900. The summed E-state index contributed by atoms with van der Waals surface area (Å²) in [6.07, 6.45) is 2.40. The zero-order chi connectivity index (χ0) is 8.53. The number of carbonyl (C=O) groups is 1. The summed E-state index contributed by atoms with van der Waals surface area (Å²) in [5.41, 5.74) is 0. The second-order valence-corrected chi connectivity index (χ2v) is 1.74. The number of furan rings is 1. The van der Waals surface area contributed by atoms with Crippen molar-refractivity contribution in [2.45, 2.75) is 6.42 Å². The van der Waals surface area contributed by atoms with Crippen LogP contribution < -0.4 is 0 Å². The minimum atomic E-state index is 0.239. The molecule has 1 aromatic heterocycles. The maximum Gasteiger partial charge on any atom is 0.304 e. The zero-order valence-corrected chi connectivity index (χ0v) is 6.79. The minimum absolute atomic E-state index is 0.239. The van der Waals surface area contributed by atoms with Crippen molar-refractivity contribution in [3.05, 3.63) is 31.1 Å². The van der Waals surface area contributed by atoms with Gasteiger partial charge in [-0.2, -0.15) is 0 Å². The molecule has 0 saturated heterocycles. The van der Waals surface area contributed by atoms with Crippen LogP contribution in [0.2, 0.25) is 0 Å². The van der Waals surface area contributed by atoms with Crippen LogP contribution in [0.4, 0.5) is 0 Å². The Morgan fingerprint density at radius 2 is 2.45 bits per heavy atom. The molecule has 1 aromatic rings. The fraction of sp³-hybridized carbons (Fsp3) is 0.143. The summed E-state index contributed by atoms with van der Waals surface area (Å²) in [5, 5.41) is 0. The lowest BCUT2D eigenvalue weighted by Crippen LogP contribution is -1.67. The van der Waals surface area contributed by atoms with Gasteiger partial charge < -0.3 is 8.60 Å². The lowest BCUT2D eigenvalue weighted by molar-refractivity contribution is -0.119. The van der Waals surface area contributed by atoms with E-state index >= 15 is 0 Å². The molecule has 0 aromatic carbocycles. The maximum atomic E-state index is 8.88. The third-order valence-corrected chi connectivity index (χ3v) is 0.956. The van der Waals surface area contributed by atoms with Crippen molar-refractivity contribution in [3.63, 3.8) is 0 Å². The largest absolute Gasteiger partial charge is 0.469 e. The molecule has 0 bridgehead atoms. The van der Waals surface area contributed by atoms with E-state index in [1.165, 1.54) is 0 Å². The second kappa shape index (κ2) is 7.21. The predicted octanol–water partition coefficient (Wildman–Crippen LogP) is 1.66. The molecule has 0 atom stereocenters. The van der Waals surface area contributed by atoms with Gasteiger partial charge in [-0.15, -0.1) is 0 Å². The quantitative estimate of drug-likeness (QED) is 0.420. The number of hydrogen-bond acceptors (Lipinski definition) is 4. The Labute approximate surface area is 71.0 Å². The van der Waals surface area contributed by atoms with Crippen LogP contribution in [0.25, 0.3) is 0 Å². The van der Waals surface area contributed by atoms with Gasteiger partial charge >= 0.3 is 6.47 Å². The summed E-state index contributed by atoms with van der Waals surface area (Å²) in [7, 11) is 0. The monoisotopic (exact) mass is 173 g/mol. The van der Waals surface area contributed by atoms with Crippen LogP contribution in [0.1, 0.15) is 5.76 Å². The van der Waals surface area contributed by atoms with Crippen LogP contribution in [-0.2, 0) is 15.4 Å². The predicted molar refractivity (Wildman–Crippen MR) is 43.9 cm³/mol. The van der Waals surface area contributed by atoms with E-state index < -0.39 is 0 Å². The summed E-state index contributed by atoms with van der Waals surface area (Å²) < 4.78 is 8.48. The molecule has 0 amide bonds. The number of rotatable bonds is 2. The Kier molecular flexibility index (Phi) is 6.62. The van der Waals surface area contributed by atoms with Crippen LogP contribution in [0.3, 0.4) is 0 Å². The lowest BCUT2D eigenvalue weighted by atomic mass is 10.4. The molecule has 3 nitrogen and oxygen atoms in total. The van der Waals surface area contributed by atoms with Crippen molar-refractivity contribution in [1.82, 2.24) is 0 Å². The van der Waals surface area contributed by atoms with E-state index in [4.69, 9.17) is 9.21 Å². The number of carbonyl (C=O) groups excluding carboxylic acids is 1. The normalized spacial score (nSPS) is 7.82. The summed E-state index contributed by atoms with van der Waals surface area (Å²) in [5.74, 6) is 0.944. The molecule has 61 valence electrons. The van der Waals surface area contributed by atoms with Gasteiger partial charge in [-0.1, -0.05) is 0 Å². The SMILES string of the molecule is O=COS.[CH2]Cc1ccco1. The first kappa shape index (κ1) is 10.1. The van der Waals surface area contributed by atoms with Gasteiger partial charge in [-0.05, 0) is 19.1 Å². The molecular formula is C7H9O3S. The summed E-state index contributed by atoms with van der Waals surface area (Å²) >= 11 is 3.05. The van der Waals surface area contributed by atoms with Crippen molar-refractivity contribution >= 4 is 19.4 Å².